The molecule has 1 aromatic heterocycles. The summed E-state index contributed by atoms with van der Waals surface area (Å²) in [4.78, 5) is 24.0. The van der Waals surface area contributed by atoms with E-state index >= 15 is 0 Å². The SMILES string of the molecule is COC(=O)c1ccc(COC(=O)c2c(-c3ccccc3Cl)noc2C)cc1. The van der Waals surface area contributed by atoms with Crippen molar-refractivity contribution in [2.24, 2.45) is 0 Å². The third-order valence-corrected chi connectivity index (χ3v) is 4.27. The minimum Gasteiger partial charge on any atom is -0.465 e. The highest BCUT2D eigenvalue weighted by molar-refractivity contribution is 6.33. The van der Waals surface area contributed by atoms with E-state index in [2.05, 4.69) is 9.89 Å². The van der Waals surface area contributed by atoms with Crippen molar-refractivity contribution in [3.8, 4) is 11.3 Å². The van der Waals surface area contributed by atoms with E-state index in [9.17, 15) is 9.59 Å². The van der Waals surface area contributed by atoms with Crippen LogP contribution in [0.2, 0.25) is 5.02 Å². The molecule has 2 aromatic carbocycles. The second kappa shape index (κ2) is 8.05. The van der Waals surface area contributed by atoms with E-state index in [1.165, 1.54) is 7.11 Å². The Morgan fingerprint density at radius 2 is 1.78 bits per heavy atom. The lowest BCUT2D eigenvalue weighted by atomic mass is 10.1. The zero-order chi connectivity index (χ0) is 19.4. The maximum Gasteiger partial charge on any atom is 0.344 e. The number of hydrogen-bond acceptors (Lipinski definition) is 6. The Labute approximate surface area is 160 Å². The van der Waals surface area contributed by atoms with E-state index in [4.69, 9.17) is 20.9 Å². The molecule has 0 saturated carbocycles. The lowest BCUT2D eigenvalue weighted by Crippen LogP contribution is -2.08. The van der Waals surface area contributed by atoms with Gasteiger partial charge in [0.25, 0.3) is 0 Å². The Kier molecular flexibility index (Phi) is 5.57. The molecule has 3 aromatic rings. The molecule has 27 heavy (non-hydrogen) atoms. The molecule has 138 valence electrons. The summed E-state index contributed by atoms with van der Waals surface area (Å²) in [6.07, 6.45) is 0. The largest absolute Gasteiger partial charge is 0.465 e. The van der Waals surface area contributed by atoms with Gasteiger partial charge in [0.2, 0.25) is 0 Å². The molecule has 0 radical (unpaired) electrons. The highest BCUT2D eigenvalue weighted by atomic mass is 35.5. The second-order valence-electron chi connectivity index (χ2n) is 5.71. The van der Waals surface area contributed by atoms with Gasteiger partial charge >= 0.3 is 11.9 Å². The Morgan fingerprint density at radius 1 is 1.07 bits per heavy atom. The van der Waals surface area contributed by atoms with Crippen LogP contribution < -0.4 is 0 Å². The zero-order valence-corrected chi connectivity index (χ0v) is 15.4. The Hall–Kier alpha value is -3.12. The maximum atomic E-state index is 12.6. The highest BCUT2D eigenvalue weighted by Crippen LogP contribution is 2.31. The minimum atomic E-state index is -0.569. The molecule has 0 fully saturated rings. The van der Waals surface area contributed by atoms with Gasteiger partial charge in [-0.3, -0.25) is 0 Å². The predicted octanol–water partition coefficient (Wildman–Crippen LogP) is 4.45. The van der Waals surface area contributed by atoms with Crippen molar-refractivity contribution in [2.75, 3.05) is 7.11 Å². The number of halogens is 1. The molecule has 7 heteroatoms. The summed E-state index contributed by atoms with van der Waals surface area (Å²) in [7, 11) is 1.32. The van der Waals surface area contributed by atoms with Gasteiger partial charge in [0.15, 0.2) is 0 Å². The fraction of sp³-hybridized carbons (Fsp3) is 0.150. The van der Waals surface area contributed by atoms with Gasteiger partial charge in [-0.1, -0.05) is 47.1 Å². The van der Waals surface area contributed by atoms with Gasteiger partial charge in [-0.15, -0.1) is 0 Å². The Morgan fingerprint density at radius 3 is 2.44 bits per heavy atom. The summed E-state index contributed by atoms with van der Waals surface area (Å²) in [5.74, 6) is -0.653. The van der Waals surface area contributed by atoms with Crippen molar-refractivity contribution in [2.45, 2.75) is 13.5 Å². The van der Waals surface area contributed by atoms with E-state index in [0.717, 1.165) is 5.56 Å². The van der Waals surface area contributed by atoms with Crippen molar-refractivity contribution in [3.05, 3.63) is 76.0 Å². The van der Waals surface area contributed by atoms with E-state index in [0.29, 0.717) is 27.6 Å². The molecule has 0 unspecified atom stereocenters. The number of methoxy groups -OCH3 is 1. The standard InChI is InChI=1S/C20H16ClNO5/c1-12-17(18(22-27-12)15-5-3-4-6-16(15)21)20(24)26-11-13-7-9-14(10-8-13)19(23)25-2/h3-10H,11H2,1-2H3. The lowest BCUT2D eigenvalue weighted by Gasteiger charge is -2.07. The first-order valence-electron chi connectivity index (χ1n) is 8.06. The Bertz CT molecular complexity index is 978. The number of carbonyl (C=O) groups is 2. The van der Waals surface area contributed by atoms with Gasteiger partial charge in [-0.05, 0) is 30.7 Å². The van der Waals surface area contributed by atoms with Crippen molar-refractivity contribution in [1.29, 1.82) is 0 Å². The van der Waals surface area contributed by atoms with Gasteiger partial charge in [-0.25, -0.2) is 9.59 Å². The Balaban J connectivity index is 1.77. The van der Waals surface area contributed by atoms with E-state index < -0.39 is 11.9 Å². The number of aryl methyl sites for hydroxylation is 1. The molecule has 0 aliphatic heterocycles. The number of aromatic nitrogens is 1. The van der Waals surface area contributed by atoms with Gasteiger partial charge in [-0.2, -0.15) is 0 Å². The minimum absolute atomic E-state index is 0.0346. The van der Waals surface area contributed by atoms with Crippen LogP contribution in [0.5, 0.6) is 0 Å². The molecule has 0 saturated heterocycles. The monoisotopic (exact) mass is 385 g/mol. The fourth-order valence-corrected chi connectivity index (χ4v) is 2.75. The van der Waals surface area contributed by atoms with E-state index in [1.807, 2.05) is 0 Å². The van der Waals surface area contributed by atoms with E-state index in [-0.39, 0.29) is 12.2 Å². The van der Waals surface area contributed by atoms with Crippen molar-refractivity contribution >= 4 is 23.5 Å². The number of rotatable bonds is 5. The summed E-state index contributed by atoms with van der Waals surface area (Å²) in [5, 5.41) is 4.41. The molecule has 0 amide bonds. The van der Waals surface area contributed by atoms with Crippen LogP contribution in [-0.2, 0) is 16.1 Å². The molecular weight excluding hydrogens is 370 g/mol. The third kappa shape index (κ3) is 4.01. The van der Waals surface area contributed by atoms with Crippen molar-refractivity contribution in [1.82, 2.24) is 5.16 Å². The number of benzene rings is 2. The van der Waals surface area contributed by atoms with Crippen LogP contribution in [0.15, 0.2) is 53.1 Å². The van der Waals surface area contributed by atoms with Crippen LogP contribution in [0.25, 0.3) is 11.3 Å². The number of nitrogens with zero attached hydrogens (tertiary/aromatic N) is 1. The number of ether oxygens (including phenoxy) is 2. The molecule has 0 spiro atoms. The zero-order valence-electron chi connectivity index (χ0n) is 14.7. The molecule has 3 rings (SSSR count). The number of esters is 2. The predicted molar refractivity (Wildman–Crippen MR) is 98.6 cm³/mol. The van der Waals surface area contributed by atoms with Gasteiger partial charge < -0.3 is 14.0 Å². The molecule has 0 N–H and O–H groups in total. The van der Waals surface area contributed by atoms with Crippen molar-refractivity contribution < 1.29 is 23.6 Å². The smallest absolute Gasteiger partial charge is 0.344 e. The van der Waals surface area contributed by atoms with E-state index in [1.54, 1.807) is 55.5 Å². The summed E-state index contributed by atoms with van der Waals surface area (Å²) < 4.78 is 15.2. The number of hydrogen-bond donors (Lipinski definition) is 0. The van der Waals surface area contributed by atoms with Gasteiger partial charge in [0.1, 0.15) is 23.6 Å². The summed E-state index contributed by atoms with van der Waals surface area (Å²) in [5.41, 5.74) is 2.30. The van der Waals surface area contributed by atoms with Crippen LogP contribution in [0.3, 0.4) is 0 Å². The summed E-state index contributed by atoms with van der Waals surface area (Å²) in [6.45, 7) is 1.67. The molecule has 0 aliphatic rings. The maximum absolute atomic E-state index is 12.6. The summed E-state index contributed by atoms with van der Waals surface area (Å²) in [6, 6.07) is 13.6. The molecule has 0 bridgehead atoms. The first kappa shape index (κ1) is 18.7. The molecule has 6 nitrogen and oxygen atoms in total. The first-order chi connectivity index (χ1) is 13.0. The van der Waals surface area contributed by atoms with Crippen LogP contribution in [-0.4, -0.2) is 24.2 Å². The topological polar surface area (TPSA) is 78.6 Å². The number of carbonyl (C=O) groups excluding carboxylic acids is 2. The second-order valence-corrected chi connectivity index (χ2v) is 6.11. The van der Waals surface area contributed by atoms with Crippen LogP contribution in [0.4, 0.5) is 0 Å². The normalized spacial score (nSPS) is 10.5. The molecule has 1 heterocycles. The van der Waals surface area contributed by atoms with Crippen LogP contribution >= 0.6 is 11.6 Å². The average molecular weight is 386 g/mol. The summed E-state index contributed by atoms with van der Waals surface area (Å²) >= 11 is 6.20. The molecule has 0 aliphatic carbocycles. The molecule has 0 atom stereocenters. The van der Waals surface area contributed by atoms with Gasteiger partial charge in [0, 0.05) is 5.56 Å². The quantitative estimate of drug-likeness (QED) is 0.604. The fourth-order valence-electron chi connectivity index (χ4n) is 2.53. The van der Waals surface area contributed by atoms with Crippen LogP contribution in [0.1, 0.15) is 32.0 Å². The van der Waals surface area contributed by atoms with Crippen LogP contribution in [0, 0.1) is 6.92 Å². The third-order valence-electron chi connectivity index (χ3n) is 3.94. The first-order valence-corrected chi connectivity index (χ1v) is 8.44. The molecular formula is C20H16ClNO5. The van der Waals surface area contributed by atoms with Gasteiger partial charge in [0.05, 0.1) is 17.7 Å². The van der Waals surface area contributed by atoms with Crippen molar-refractivity contribution in [3.63, 3.8) is 0 Å². The highest BCUT2D eigenvalue weighted by Gasteiger charge is 2.24. The lowest BCUT2D eigenvalue weighted by molar-refractivity contribution is 0.0470. The average Bonchev–Trinajstić information content (AvgIpc) is 3.07.